The first kappa shape index (κ1) is 9.96. The van der Waals surface area contributed by atoms with Gasteiger partial charge in [0, 0.05) is 5.69 Å². The standard InChI is InChI=1S/C12H15N3/c1-9-2-3-11-7-12(14-8-15-13)5-4-10(11)6-9/h2-7,14-15H,8,13H2,1H3. The average molecular weight is 201 g/mol. The van der Waals surface area contributed by atoms with Crippen LogP contribution in [0.3, 0.4) is 0 Å². The van der Waals surface area contributed by atoms with Crippen LogP contribution in [0.2, 0.25) is 0 Å². The van der Waals surface area contributed by atoms with E-state index in [1.165, 1.54) is 16.3 Å². The van der Waals surface area contributed by atoms with Gasteiger partial charge in [0.05, 0.1) is 6.67 Å². The van der Waals surface area contributed by atoms with E-state index in [0.29, 0.717) is 6.67 Å². The van der Waals surface area contributed by atoms with Crippen molar-refractivity contribution in [2.45, 2.75) is 6.92 Å². The Morgan fingerprint density at radius 1 is 1.07 bits per heavy atom. The highest BCUT2D eigenvalue weighted by Gasteiger charge is 1.95. The van der Waals surface area contributed by atoms with Gasteiger partial charge in [-0.3, -0.25) is 5.84 Å². The molecule has 0 fully saturated rings. The van der Waals surface area contributed by atoms with Gasteiger partial charge >= 0.3 is 0 Å². The smallest absolute Gasteiger partial charge is 0.0780 e. The molecule has 15 heavy (non-hydrogen) atoms. The summed E-state index contributed by atoms with van der Waals surface area (Å²) in [6.07, 6.45) is 0. The Labute approximate surface area is 89.3 Å². The average Bonchev–Trinajstić information content (AvgIpc) is 2.26. The van der Waals surface area contributed by atoms with Crippen LogP contribution in [0.4, 0.5) is 5.69 Å². The van der Waals surface area contributed by atoms with Crippen LogP contribution in [0.15, 0.2) is 36.4 Å². The number of hydrogen-bond acceptors (Lipinski definition) is 3. The third-order valence-electron chi connectivity index (χ3n) is 2.39. The minimum atomic E-state index is 0.567. The minimum Gasteiger partial charge on any atom is -0.371 e. The molecule has 0 saturated heterocycles. The highest BCUT2D eigenvalue weighted by Crippen LogP contribution is 2.19. The van der Waals surface area contributed by atoms with Crippen molar-refractivity contribution in [1.82, 2.24) is 5.43 Å². The lowest BCUT2D eigenvalue weighted by atomic mass is 10.1. The van der Waals surface area contributed by atoms with Crippen molar-refractivity contribution in [3.05, 3.63) is 42.0 Å². The maximum absolute atomic E-state index is 5.20. The summed E-state index contributed by atoms with van der Waals surface area (Å²) in [5, 5.41) is 5.67. The number of benzene rings is 2. The summed E-state index contributed by atoms with van der Waals surface area (Å²) >= 11 is 0. The van der Waals surface area contributed by atoms with Gasteiger partial charge in [-0.2, -0.15) is 0 Å². The quantitative estimate of drug-likeness (QED) is 0.404. The third-order valence-corrected chi connectivity index (χ3v) is 2.39. The zero-order chi connectivity index (χ0) is 10.7. The van der Waals surface area contributed by atoms with Crippen molar-refractivity contribution in [3.8, 4) is 0 Å². The minimum absolute atomic E-state index is 0.567. The normalized spacial score (nSPS) is 10.5. The fourth-order valence-corrected chi connectivity index (χ4v) is 1.63. The van der Waals surface area contributed by atoms with Gasteiger partial charge in [0.15, 0.2) is 0 Å². The van der Waals surface area contributed by atoms with Crippen LogP contribution in [0.25, 0.3) is 10.8 Å². The van der Waals surface area contributed by atoms with Crippen LogP contribution in [0, 0.1) is 6.92 Å². The number of nitrogens with two attached hydrogens (primary N) is 1. The summed E-state index contributed by atoms with van der Waals surface area (Å²) in [5.41, 5.74) is 4.92. The molecule has 3 heteroatoms. The van der Waals surface area contributed by atoms with Crippen LogP contribution < -0.4 is 16.6 Å². The Morgan fingerprint density at radius 3 is 2.60 bits per heavy atom. The molecule has 4 N–H and O–H groups in total. The van der Waals surface area contributed by atoms with Gasteiger partial charge < -0.3 is 5.32 Å². The Bertz CT molecular complexity index is 465. The van der Waals surface area contributed by atoms with E-state index in [-0.39, 0.29) is 0 Å². The largest absolute Gasteiger partial charge is 0.371 e. The van der Waals surface area contributed by atoms with E-state index in [1.807, 2.05) is 0 Å². The molecule has 2 rings (SSSR count). The molecule has 0 heterocycles. The topological polar surface area (TPSA) is 50.1 Å². The monoisotopic (exact) mass is 201 g/mol. The van der Waals surface area contributed by atoms with E-state index in [2.05, 4.69) is 54.1 Å². The molecular weight excluding hydrogens is 186 g/mol. The number of nitrogens with one attached hydrogen (secondary N) is 2. The van der Waals surface area contributed by atoms with E-state index < -0.39 is 0 Å². The predicted molar refractivity (Wildman–Crippen MR) is 64.5 cm³/mol. The lowest BCUT2D eigenvalue weighted by Gasteiger charge is -2.06. The number of anilines is 1. The number of rotatable bonds is 3. The lowest BCUT2D eigenvalue weighted by molar-refractivity contribution is 0.790. The van der Waals surface area contributed by atoms with E-state index in [9.17, 15) is 0 Å². The molecular formula is C12H15N3. The van der Waals surface area contributed by atoms with Gasteiger partial charge in [-0.1, -0.05) is 29.8 Å². The molecule has 0 saturated carbocycles. The molecule has 0 radical (unpaired) electrons. The third kappa shape index (κ3) is 2.26. The fourth-order valence-electron chi connectivity index (χ4n) is 1.63. The van der Waals surface area contributed by atoms with Crippen molar-refractivity contribution < 1.29 is 0 Å². The second-order valence-electron chi connectivity index (χ2n) is 3.62. The van der Waals surface area contributed by atoms with Crippen molar-refractivity contribution in [3.63, 3.8) is 0 Å². The molecule has 78 valence electrons. The van der Waals surface area contributed by atoms with Gasteiger partial charge in [-0.05, 0) is 29.8 Å². The van der Waals surface area contributed by atoms with Gasteiger partial charge in [-0.25, -0.2) is 5.43 Å². The molecule has 0 bridgehead atoms. The SMILES string of the molecule is Cc1ccc2cc(NCNN)ccc2c1. The van der Waals surface area contributed by atoms with Crippen LogP contribution in [-0.4, -0.2) is 6.67 Å². The number of fused-ring (bicyclic) bond motifs is 1. The first-order chi connectivity index (χ1) is 7.29. The van der Waals surface area contributed by atoms with E-state index in [1.54, 1.807) is 0 Å². The highest BCUT2D eigenvalue weighted by molar-refractivity contribution is 5.86. The summed E-state index contributed by atoms with van der Waals surface area (Å²) in [4.78, 5) is 0. The second-order valence-corrected chi connectivity index (χ2v) is 3.62. The van der Waals surface area contributed by atoms with Crippen molar-refractivity contribution in [2.24, 2.45) is 5.84 Å². The first-order valence-electron chi connectivity index (χ1n) is 4.97. The molecule has 0 aliphatic carbocycles. The van der Waals surface area contributed by atoms with E-state index >= 15 is 0 Å². The Morgan fingerprint density at radius 2 is 1.80 bits per heavy atom. The zero-order valence-corrected chi connectivity index (χ0v) is 8.75. The number of hydrogen-bond donors (Lipinski definition) is 3. The van der Waals surface area contributed by atoms with Crippen LogP contribution >= 0.6 is 0 Å². The number of hydrazine groups is 1. The maximum Gasteiger partial charge on any atom is 0.0780 e. The van der Waals surface area contributed by atoms with Gasteiger partial charge in [0.1, 0.15) is 0 Å². The summed E-state index contributed by atoms with van der Waals surface area (Å²) in [5.74, 6) is 5.20. The first-order valence-corrected chi connectivity index (χ1v) is 4.97. The molecule has 0 unspecified atom stereocenters. The van der Waals surface area contributed by atoms with Crippen LogP contribution in [0.5, 0.6) is 0 Å². The van der Waals surface area contributed by atoms with E-state index in [0.717, 1.165) is 5.69 Å². The van der Waals surface area contributed by atoms with E-state index in [4.69, 9.17) is 5.84 Å². The van der Waals surface area contributed by atoms with Crippen molar-refractivity contribution >= 4 is 16.5 Å². The van der Waals surface area contributed by atoms with Crippen LogP contribution in [0.1, 0.15) is 5.56 Å². The highest BCUT2D eigenvalue weighted by atomic mass is 15.3. The second kappa shape index (κ2) is 4.29. The molecule has 0 aliphatic heterocycles. The number of aryl methyl sites for hydroxylation is 1. The maximum atomic E-state index is 5.20. The molecule has 2 aromatic rings. The lowest BCUT2D eigenvalue weighted by Crippen LogP contribution is -2.28. The van der Waals surface area contributed by atoms with Gasteiger partial charge in [0.25, 0.3) is 0 Å². The Hall–Kier alpha value is -1.58. The fraction of sp³-hybridized carbons (Fsp3) is 0.167. The molecule has 2 aromatic carbocycles. The van der Waals surface area contributed by atoms with Gasteiger partial charge in [0.2, 0.25) is 0 Å². The van der Waals surface area contributed by atoms with Crippen molar-refractivity contribution in [1.29, 1.82) is 0 Å². The molecule has 0 spiro atoms. The molecule has 0 aromatic heterocycles. The van der Waals surface area contributed by atoms with Crippen molar-refractivity contribution in [2.75, 3.05) is 12.0 Å². The molecule has 0 aliphatic rings. The summed E-state index contributed by atoms with van der Waals surface area (Å²) in [7, 11) is 0. The van der Waals surface area contributed by atoms with Crippen LogP contribution in [-0.2, 0) is 0 Å². The van der Waals surface area contributed by atoms with Gasteiger partial charge in [-0.15, -0.1) is 0 Å². The zero-order valence-electron chi connectivity index (χ0n) is 8.75. The molecule has 0 atom stereocenters. The molecule has 3 nitrogen and oxygen atoms in total. The predicted octanol–water partition coefficient (Wildman–Crippen LogP) is 1.98. The summed E-state index contributed by atoms with van der Waals surface area (Å²) in [6, 6.07) is 12.7. The Balaban J connectivity index is 2.34. The summed E-state index contributed by atoms with van der Waals surface area (Å²) in [6.45, 7) is 2.67. The Kier molecular flexibility index (Phi) is 2.85. The molecule has 0 amide bonds. The summed E-state index contributed by atoms with van der Waals surface area (Å²) < 4.78 is 0.